The van der Waals surface area contributed by atoms with E-state index in [1.165, 1.54) is 20.3 Å². The Labute approximate surface area is 169 Å². The molecule has 0 spiro atoms. The average molecular weight is 418 g/mol. The minimum absolute atomic E-state index is 0.0472. The Kier molecular flexibility index (Phi) is 6.07. The van der Waals surface area contributed by atoms with Gasteiger partial charge < -0.3 is 20.1 Å². The summed E-state index contributed by atoms with van der Waals surface area (Å²) in [6, 6.07) is 10.9. The number of benzene rings is 2. The molecular formula is C20H22N2O6S. The lowest BCUT2D eigenvalue weighted by Gasteiger charge is -2.12. The van der Waals surface area contributed by atoms with Gasteiger partial charge >= 0.3 is 0 Å². The molecule has 0 aromatic heterocycles. The second-order valence-electron chi connectivity index (χ2n) is 6.68. The molecule has 1 aliphatic heterocycles. The zero-order chi connectivity index (χ0) is 21.0. The highest BCUT2D eigenvalue weighted by Crippen LogP contribution is 2.28. The van der Waals surface area contributed by atoms with Crippen LogP contribution in [-0.4, -0.2) is 52.0 Å². The van der Waals surface area contributed by atoms with Gasteiger partial charge in [-0.05, 0) is 42.8 Å². The quantitative estimate of drug-likeness (QED) is 0.741. The summed E-state index contributed by atoms with van der Waals surface area (Å²) in [5.74, 6) is 0.226. The number of rotatable bonds is 6. The molecule has 1 aliphatic rings. The van der Waals surface area contributed by atoms with Crippen molar-refractivity contribution in [2.75, 3.05) is 31.0 Å². The summed E-state index contributed by atoms with van der Waals surface area (Å²) in [5, 5.41) is 5.47. The summed E-state index contributed by atoms with van der Waals surface area (Å²) in [6.07, 6.45) is 0.407. The van der Waals surface area contributed by atoms with Gasteiger partial charge in [-0.1, -0.05) is 6.07 Å². The summed E-state index contributed by atoms with van der Waals surface area (Å²) in [5.41, 5.74) is 1.14. The number of anilines is 1. The molecule has 1 saturated heterocycles. The first-order valence-electron chi connectivity index (χ1n) is 8.96. The first-order valence-corrected chi connectivity index (χ1v) is 10.8. The van der Waals surface area contributed by atoms with E-state index >= 15 is 0 Å². The monoisotopic (exact) mass is 418 g/mol. The van der Waals surface area contributed by atoms with Crippen molar-refractivity contribution < 1.29 is 27.5 Å². The van der Waals surface area contributed by atoms with E-state index in [-0.39, 0.29) is 23.3 Å². The van der Waals surface area contributed by atoms with E-state index in [9.17, 15) is 18.0 Å². The van der Waals surface area contributed by atoms with Crippen molar-refractivity contribution in [3.05, 3.63) is 53.6 Å². The van der Waals surface area contributed by atoms with Gasteiger partial charge in [0, 0.05) is 22.9 Å². The van der Waals surface area contributed by atoms with Crippen LogP contribution in [0.15, 0.2) is 42.5 Å². The molecule has 1 fully saturated rings. The highest BCUT2D eigenvalue weighted by Gasteiger charge is 2.29. The maximum atomic E-state index is 12.5. The van der Waals surface area contributed by atoms with E-state index in [0.29, 0.717) is 34.7 Å². The van der Waals surface area contributed by atoms with Gasteiger partial charge in [-0.15, -0.1) is 0 Å². The lowest BCUT2D eigenvalue weighted by molar-refractivity contribution is 0.0940. The van der Waals surface area contributed by atoms with Crippen LogP contribution < -0.4 is 20.1 Å². The van der Waals surface area contributed by atoms with Crippen LogP contribution in [0.3, 0.4) is 0 Å². The van der Waals surface area contributed by atoms with Crippen LogP contribution in [0.2, 0.25) is 0 Å². The van der Waals surface area contributed by atoms with Gasteiger partial charge in [0.1, 0.15) is 0 Å². The van der Waals surface area contributed by atoms with Gasteiger partial charge in [0.15, 0.2) is 21.3 Å². The molecule has 2 aromatic carbocycles. The molecule has 1 heterocycles. The fourth-order valence-electron chi connectivity index (χ4n) is 3.10. The lowest BCUT2D eigenvalue weighted by Crippen LogP contribution is -2.35. The average Bonchev–Trinajstić information content (AvgIpc) is 3.05. The van der Waals surface area contributed by atoms with Crippen molar-refractivity contribution in [1.82, 2.24) is 5.32 Å². The van der Waals surface area contributed by atoms with E-state index in [1.807, 2.05) is 0 Å². The highest BCUT2D eigenvalue weighted by atomic mass is 32.2. The first-order chi connectivity index (χ1) is 13.8. The molecule has 1 atom stereocenters. The fraction of sp³-hybridized carbons (Fsp3) is 0.300. The first kappa shape index (κ1) is 20.7. The molecule has 0 saturated carbocycles. The van der Waals surface area contributed by atoms with E-state index in [4.69, 9.17) is 9.47 Å². The fourth-order valence-corrected chi connectivity index (χ4v) is 4.77. The molecule has 2 amide bonds. The van der Waals surface area contributed by atoms with Crippen LogP contribution >= 0.6 is 0 Å². The molecule has 154 valence electrons. The molecule has 8 nitrogen and oxygen atoms in total. The van der Waals surface area contributed by atoms with Crippen molar-refractivity contribution in [3.63, 3.8) is 0 Å². The smallest absolute Gasteiger partial charge is 0.255 e. The maximum absolute atomic E-state index is 12.5. The number of methoxy groups -OCH3 is 2. The number of ether oxygens (including phenoxy) is 2. The standard InChI is InChI=1S/C20H22N2O6S/c1-27-17-7-6-14(11-18(17)28-2)20(24)21-15-5-3-4-13(10-15)19(23)22-16-8-9-29(25,26)12-16/h3-7,10-11,16H,8-9,12H2,1-2H3,(H,21,24)(H,22,23)/t16-/m0/s1. The van der Waals surface area contributed by atoms with Gasteiger partial charge in [-0.3, -0.25) is 9.59 Å². The summed E-state index contributed by atoms with van der Waals surface area (Å²) in [6.45, 7) is 0. The van der Waals surface area contributed by atoms with Crippen LogP contribution in [0.1, 0.15) is 27.1 Å². The summed E-state index contributed by atoms with van der Waals surface area (Å²) < 4.78 is 33.4. The van der Waals surface area contributed by atoms with E-state index < -0.39 is 15.9 Å². The normalized spacial score (nSPS) is 17.4. The van der Waals surface area contributed by atoms with Gasteiger partial charge in [-0.25, -0.2) is 8.42 Å². The van der Waals surface area contributed by atoms with Crippen LogP contribution in [0.25, 0.3) is 0 Å². The lowest BCUT2D eigenvalue weighted by atomic mass is 10.1. The molecule has 0 radical (unpaired) electrons. The molecule has 0 unspecified atom stereocenters. The molecule has 3 rings (SSSR count). The van der Waals surface area contributed by atoms with E-state index in [2.05, 4.69) is 10.6 Å². The van der Waals surface area contributed by atoms with Crippen molar-refractivity contribution in [2.45, 2.75) is 12.5 Å². The number of hydrogen-bond donors (Lipinski definition) is 2. The predicted molar refractivity (Wildman–Crippen MR) is 108 cm³/mol. The number of nitrogens with one attached hydrogen (secondary N) is 2. The molecule has 2 aromatic rings. The van der Waals surface area contributed by atoms with Crippen molar-refractivity contribution in [2.24, 2.45) is 0 Å². The highest BCUT2D eigenvalue weighted by molar-refractivity contribution is 7.91. The zero-order valence-corrected chi connectivity index (χ0v) is 16.9. The Balaban J connectivity index is 1.69. The third-order valence-electron chi connectivity index (χ3n) is 4.60. The van der Waals surface area contributed by atoms with Crippen LogP contribution in [0.5, 0.6) is 11.5 Å². The summed E-state index contributed by atoms with van der Waals surface area (Å²) >= 11 is 0. The minimum atomic E-state index is -3.08. The Hall–Kier alpha value is -3.07. The Morgan fingerprint density at radius 3 is 2.34 bits per heavy atom. The predicted octanol–water partition coefficient (Wildman–Crippen LogP) is 1.87. The second kappa shape index (κ2) is 8.52. The molecule has 0 bridgehead atoms. The molecule has 9 heteroatoms. The summed E-state index contributed by atoms with van der Waals surface area (Å²) in [7, 11) is -0.0873. The second-order valence-corrected chi connectivity index (χ2v) is 8.91. The Morgan fingerprint density at radius 1 is 0.966 bits per heavy atom. The number of carbonyl (C=O) groups is 2. The van der Waals surface area contributed by atoms with Gasteiger partial charge in [0.25, 0.3) is 11.8 Å². The topological polar surface area (TPSA) is 111 Å². The van der Waals surface area contributed by atoms with Gasteiger partial charge in [-0.2, -0.15) is 0 Å². The van der Waals surface area contributed by atoms with Gasteiger partial charge in [0.05, 0.1) is 25.7 Å². The van der Waals surface area contributed by atoms with Crippen molar-refractivity contribution in [1.29, 1.82) is 0 Å². The molecule has 0 aliphatic carbocycles. The number of carbonyl (C=O) groups excluding carboxylic acids is 2. The van der Waals surface area contributed by atoms with Gasteiger partial charge in [0.2, 0.25) is 0 Å². The largest absolute Gasteiger partial charge is 0.493 e. The van der Waals surface area contributed by atoms with Crippen LogP contribution in [0.4, 0.5) is 5.69 Å². The SMILES string of the molecule is COc1ccc(C(=O)Nc2cccc(C(=O)N[C@H]3CCS(=O)(=O)C3)c2)cc1OC. The third kappa shape index (κ3) is 5.05. The molecular weight excluding hydrogens is 396 g/mol. The number of amides is 2. The third-order valence-corrected chi connectivity index (χ3v) is 6.36. The minimum Gasteiger partial charge on any atom is -0.493 e. The molecule has 2 N–H and O–H groups in total. The Bertz CT molecular complexity index is 1040. The molecule has 29 heavy (non-hydrogen) atoms. The van der Waals surface area contributed by atoms with Crippen LogP contribution in [-0.2, 0) is 9.84 Å². The zero-order valence-electron chi connectivity index (χ0n) is 16.1. The number of sulfone groups is 1. The van der Waals surface area contributed by atoms with Crippen molar-refractivity contribution >= 4 is 27.3 Å². The number of hydrogen-bond acceptors (Lipinski definition) is 6. The summed E-state index contributed by atoms with van der Waals surface area (Å²) in [4.78, 5) is 25.0. The van der Waals surface area contributed by atoms with Crippen LogP contribution in [0, 0.1) is 0 Å². The van der Waals surface area contributed by atoms with E-state index in [1.54, 1.807) is 36.4 Å². The van der Waals surface area contributed by atoms with Crippen molar-refractivity contribution in [3.8, 4) is 11.5 Å². The Morgan fingerprint density at radius 2 is 1.69 bits per heavy atom. The maximum Gasteiger partial charge on any atom is 0.255 e. The van der Waals surface area contributed by atoms with E-state index in [0.717, 1.165) is 0 Å².